The largest absolute Gasteiger partial charge is 0.373 e. The molecule has 1 saturated carbocycles. The Bertz CT molecular complexity index is 1420. The Morgan fingerprint density at radius 3 is 2.62 bits per heavy atom. The Balaban J connectivity index is 1.53. The number of carbonyl (C=O) groups is 2. The van der Waals surface area contributed by atoms with Crippen LogP contribution in [0.2, 0.25) is 0 Å². The monoisotopic (exact) mass is 465 g/mol. The highest BCUT2D eigenvalue weighted by Crippen LogP contribution is 2.38. The zero-order valence-electron chi connectivity index (χ0n) is 18.3. The van der Waals surface area contributed by atoms with Crippen LogP contribution < -0.4 is 11.1 Å². The van der Waals surface area contributed by atoms with Gasteiger partial charge < -0.3 is 20.5 Å². The molecular weight excluding hydrogens is 444 g/mol. The number of amides is 2. The van der Waals surface area contributed by atoms with E-state index in [9.17, 15) is 14.0 Å². The molecule has 1 aliphatic heterocycles. The number of nitrogens with two attached hydrogens (primary N) is 1. The van der Waals surface area contributed by atoms with E-state index >= 15 is 4.39 Å². The molecule has 2 amide bonds. The van der Waals surface area contributed by atoms with Gasteiger partial charge in [-0.25, -0.2) is 18.4 Å². The first-order valence-electron chi connectivity index (χ1n) is 10.7. The van der Waals surface area contributed by atoms with Crippen LogP contribution in [0, 0.1) is 23.5 Å². The number of carbonyl (C=O) groups excluding carboxylic acids is 2. The lowest BCUT2D eigenvalue weighted by Crippen LogP contribution is -2.50. The van der Waals surface area contributed by atoms with Gasteiger partial charge in [0.15, 0.2) is 11.5 Å². The molecule has 1 saturated heterocycles. The van der Waals surface area contributed by atoms with Crippen LogP contribution in [-0.2, 0) is 4.79 Å². The van der Waals surface area contributed by atoms with Crippen molar-refractivity contribution in [2.75, 3.05) is 25.5 Å². The fourth-order valence-electron chi connectivity index (χ4n) is 4.16. The third-order valence-corrected chi connectivity index (χ3v) is 6.10. The van der Waals surface area contributed by atoms with Gasteiger partial charge in [0.2, 0.25) is 5.91 Å². The van der Waals surface area contributed by atoms with Gasteiger partial charge in [0.25, 0.3) is 5.91 Å². The van der Waals surface area contributed by atoms with Crippen molar-refractivity contribution in [1.82, 2.24) is 24.2 Å². The second-order valence-electron chi connectivity index (χ2n) is 8.28. The van der Waals surface area contributed by atoms with Gasteiger partial charge in [-0.15, -0.1) is 0 Å². The Hall–Kier alpha value is -4.20. The summed E-state index contributed by atoms with van der Waals surface area (Å²) in [5.41, 5.74) is 5.50. The van der Waals surface area contributed by atoms with E-state index in [0.29, 0.717) is 24.4 Å². The SMILES string of the molecule is C=CC(=O)N1CC(n2nc(C#Cc3c(F)cc4c(ncn4C4CC4)c3F)c(C(N)=O)c2NC)C1. The van der Waals surface area contributed by atoms with Gasteiger partial charge in [-0.1, -0.05) is 12.5 Å². The number of primary amides is 1. The van der Waals surface area contributed by atoms with E-state index in [1.54, 1.807) is 16.5 Å². The van der Waals surface area contributed by atoms with Crippen LogP contribution in [0.1, 0.15) is 46.5 Å². The molecule has 0 radical (unpaired) electrons. The number of nitrogens with zero attached hydrogens (tertiary/aromatic N) is 5. The first kappa shape index (κ1) is 21.6. The predicted octanol–water partition coefficient (Wildman–Crippen LogP) is 1.96. The van der Waals surface area contributed by atoms with Gasteiger partial charge in [0.1, 0.15) is 22.7 Å². The first-order valence-corrected chi connectivity index (χ1v) is 10.7. The maximum Gasteiger partial charge on any atom is 0.255 e. The number of hydrogen-bond donors (Lipinski definition) is 2. The molecule has 3 aromatic rings. The van der Waals surface area contributed by atoms with Gasteiger partial charge in [-0.05, 0) is 24.8 Å². The molecule has 3 heterocycles. The van der Waals surface area contributed by atoms with Crippen LogP contribution in [0.3, 0.4) is 0 Å². The topological polar surface area (TPSA) is 111 Å². The highest BCUT2D eigenvalue weighted by Gasteiger charge is 2.35. The number of anilines is 1. The number of rotatable bonds is 5. The van der Waals surface area contributed by atoms with E-state index in [1.807, 2.05) is 0 Å². The van der Waals surface area contributed by atoms with Crippen molar-refractivity contribution >= 4 is 28.7 Å². The van der Waals surface area contributed by atoms with Crippen LogP contribution in [0.15, 0.2) is 25.0 Å². The van der Waals surface area contributed by atoms with E-state index in [-0.39, 0.29) is 34.8 Å². The van der Waals surface area contributed by atoms with Crippen molar-refractivity contribution < 1.29 is 18.4 Å². The van der Waals surface area contributed by atoms with Crippen LogP contribution in [0.5, 0.6) is 0 Å². The summed E-state index contributed by atoms with van der Waals surface area (Å²) < 4.78 is 33.2. The van der Waals surface area contributed by atoms with Crippen molar-refractivity contribution in [2.45, 2.75) is 24.9 Å². The van der Waals surface area contributed by atoms with Crippen molar-refractivity contribution in [2.24, 2.45) is 5.73 Å². The number of halogens is 2. The summed E-state index contributed by atoms with van der Waals surface area (Å²) in [4.78, 5) is 29.6. The maximum absolute atomic E-state index is 15.1. The summed E-state index contributed by atoms with van der Waals surface area (Å²) in [6, 6.07) is 1.21. The van der Waals surface area contributed by atoms with E-state index in [1.165, 1.54) is 23.2 Å². The standard InChI is InChI=1S/C23H21F2N7O2/c1-3-18(33)30-9-13(10-30)32-23(27-2)19(22(26)34)16(29-32)7-6-14-15(24)8-17-21(20(14)25)28-11-31(17)12-4-5-12/h3,8,11-13,27H,1,4-5,9-10H2,2H3,(H2,26,34). The summed E-state index contributed by atoms with van der Waals surface area (Å²) >= 11 is 0. The van der Waals surface area contributed by atoms with Gasteiger partial charge in [0, 0.05) is 32.2 Å². The molecule has 174 valence electrons. The van der Waals surface area contributed by atoms with E-state index < -0.39 is 23.1 Å². The molecule has 0 spiro atoms. The maximum atomic E-state index is 15.1. The van der Waals surface area contributed by atoms with Gasteiger partial charge in [-0.2, -0.15) is 5.10 Å². The Labute approximate surface area is 193 Å². The lowest BCUT2D eigenvalue weighted by molar-refractivity contribution is -0.131. The van der Waals surface area contributed by atoms with Crippen LogP contribution in [-0.4, -0.2) is 56.2 Å². The van der Waals surface area contributed by atoms with Crippen LogP contribution in [0.25, 0.3) is 11.0 Å². The van der Waals surface area contributed by atoms with Crippen LogP contribution >= 0.6 is 0 Å². The van der Waals surface area contributed by atoms with E-state index in [4.69, 9.17) is 5.73 Å². The third-order valence-electron chi connectivity index (χ3n) is 6.10. The molecular formula is C23H21F2N7O2. The summed E-state index contributed by atoms with van der Waals surface area (Å²) in [6.07, 6.45) is 4.62. The molecule has 34 heavy (non-hydrogen) atoms. The van der Waals surface area contributed by atoms with Crippen molar-refractivity contribution in [3.05, 3.63) is 53.5 Å². The zero-order valence-corrected chi connectivity index (χ0v) is 18.3. The molecule has 1 aromatic carbocycles. The number of imidazole rings is 1. The van der Waals surface area contributed by atoms with Gasteiger partial charge >= 0.3 is 0 Å². The minimum absolute atomic E-state index is 0.00315. The molecule has 2 aromatic heterocycles. The van der Waals surface area contributed by atoms with E-state index in [0.717, 1.165) is 12.8 Å². The quantitative estimate of drug-likeness (QED) is 0.442. The zero-order chi connectivity index (χ0) is 24.1. The highest BCUT2D eigenvalue weighted by atomic mass is 19.1. The van der Waals surface area contributed by atoms with Crippen molar-refractivity contribution in [3.63, 3.8) is 0 Å². The molecule has 9 nitrogen and oxygen atoms in total. The lowest BCUT2D eigenvalue weighted by atomic mass is 10.1. The fraction of sp³-hybridized carbons (Fsp3) is 0.304. The fourth-order valence-corrected chi connectivity index (χ4v) is 4.16. The molecule has 2 fully saturated rings. The van der Waals surface area contributed by atoms with Crippen molar-refractivity contribution in [3.8, 4) is 11.8 Å². The summed E-state index contributed by atoms with van der Waals surface area (Å²) in [7, 11) is 1.59. The number of fused-ring (bicyclic) bond motifs is 1. The third kappa shape index (κ3) is 3.39. The molecule has 1 aliphatic carbocycles. The minimum atomic E-state index is -0.867. The summed E-state index contributed by atoms with van der Waals surface area (Å²) in [6.45, 7) is 4.18. The second kappa shape index (κ2) is 7.98. The molecule has 0 atom stereocenters. The molecule has 0 unspecified atom stereocenters. The van der Waals surface area contributed by atoms with E-state index in [2.05, 4.69) is 33.8 Å². The normalized spacial score (nSPS) is 15.6. The highest BCUT2D eigenvalue weighted by molar-refractivity contribution is 6.00. The van der Waals surface area contributed by atoms with Gasteiger partial charge in [0.05, 0.1) is 23.4 Å². The molecule has 0 bridgehead atoms. The molecule has 5 rings (SSSR count). The second-order valence-corrected chi connectivity index (χ2v) is 8.28. The average Bonchev–Trinajstić information content (AvgIpc) is 3.42. The number of hydrogen-bond acceptors (Lipinski definition) is 5. The number of benzene rings is 1. The summed E-state index contributed by atoms with van der Waals surface area (Å²) in [5.74, 6) is 2.70. The number of aromatic nitrogens is 4. The minimum Gasteiger partial charge on any atom is -0.373 e. The average molecular weight is 465 g/mol. The molecule has 3 N–H and O–H groups in total. The lowest BCUT2D eigenvalue weighted by Gasteiger charge is -2.39. The van der Waals surface area contributed by atoms with Crippen molar-refractivity contribution in [1.29, 1.82) is 0 Å². The Kier molecular flexibility index (Phi) is 5.08. The molecule has 11 heteroatoms. The van der Waals surface area contributed by atoms with Gasteiger partial charge in [-0.3, -0.25) is 9.59 Å². The number of likely N-dealkylation sites (tertiary alicyclic amines) is 1. The first-order chi connectivity index (χ1) is 16.3. The van der Waals surface area contributed by atoms with Crippen LogP contribution in [0.4, 0.5) is 14.6 Å². The Morgan fingerprint density at radius 1 is 1.26 bits per heavy atom. The predicted molar refractivity (Wildman–Crippen MR) is 120 cm³/mol. The number of nitrogens with one attached hydrogen (secondary N) is 1. The summed E-state index contributed by atoms with van der Waals surface area (Å²) in [5, 5.41) is 7.25. The molecule has 2 aliphatic rings. The Morgan fingerprint density at radius 2 is 2.00 bits per heavy atom. The smallest absolute Gasteiger partial charge is 0.255 e.